The number of nitrogens with one attached hydrogen (secondary N) is 2. The summed E-state index contributed by atoms with van der Waals surface area (Å²) in [6, 6.07) is 5.73. The first kappa shape index (κ1) is 13.2. The molecule has 0 aliphatic rings. The van der Waals surface area contributed by atoms with Gasteiger partial charge >= 0.3 is 5.69 Å². The minimum Gasteiger partial charge on any atom is -0.316 e. The number of hydrogen-bond donors (Lipinski definition) is 2. The van der Waals surface area contributed by atoms with E-state index in [1.165, 1.54) is 16.3 Å². The van der Waals surface area contributed by atoms with Gasteiger partial charge in [0.05, 0.1) is 5.02 Å². The first-order chi connectivity index (χ1) is 8.63. The minimum atomic E-state index is -0.236. The van der Waals surface area contributed by atoms with Crippen LogP contribution in [0.4, 0.5) is 0 Å². The molecule has 0 amide bonds. The van der Waals surface area contributed by atoms with Crippen LogP contribution < -0.4 is 11.0 Å². The van der Waals surface area contributed by atoms with E-state index in [0.717, 1.165) is 10.5 Å². The molecule has 5 nitrogen and oxygen atoms in total. The number of benzene rings is 1. The van der Waals surface area contributed by atoms with Gasteiger partial charge in [-0.05, 0) is 30.4 Å². The average molecular weight is 285 g/mol. The fourth-order valence-corrected chi connectivity index (χ4v) is 2.75. The number of hydrogen-bond acceptors (Lipinski definition) is 4. The van der Waals surface area contributed by atoms with Crippen molar-refractivity contribution in [1.82, 2.24) is 20.1 Å². The first-order valence-corrected chi connectivity index (χ1v) is 6.54. The van der Waals surface area contributed by atoms with Crippen LogP contribution in [-0.4, -0.2) is 21.8 Å². The average Bonchev–Trinajstić information content (AvgIpc) is 2.65. The van der Waals surface area contributed by atoms with Gasteiger partial charge in [-0.15, -0.1) is 5.10 Å². The summed E-state index contributed by atoms with van der Waals surface area (Å²) in [5.41, 5.74) is 0.838. The van der Waals surface area contributed by atoms with Gasteiger partial charge in [0.1, 0.15) is 0 Å². The van der Waals surface area contributed by atoms with Gasteiger partial charge in [-0.2, -0.15) is 0 Å². The van der Waals surface area contributed by atoms with Crippen LogP contribution in [0.3, 0.4) is 0 Å². The molecule has 18 heavy (non-hydrogen) atoms. The molecule has 0 saturated heterocycles. The summed E-state index contributed by atoms with van der Waals surface area (Å²) >= 11 is 7.58. The summed E-state index contributed by atoms with van der Waals surface area (Å²) in [6.45, 7) is 0.710. The van der Waals surface area contributed by atoms with Crippen molar-refractivity contribution in [3.63, 3.8) is 0 Å². The molecule has 0 saturated carbocycles. The van der Waals surface area contributed by atoms with Crippen molar-refractivity contribution in [2.75, 3.05) is 7.05 Å². The van der Waals surface area contributed by atoms with Crippen LogP contribution >= 0.6 is 23.4 Å². The maximum absolute atomic E-state index is 11.3. The molecule has 0 atom stereocenters. The van der Waals surface area contributed by atoms with Gasteiger partial charge in [0, 0.05) is 18.5 Å². The second-order valence-electron chi connectivity index (χ2n) is 3.73. The Labute approximate surface area is 114 Å². The molecule has 0 fully saturated rings. The quantitative estimate of drug-likeness (QED) is 0.896. The molecule has 0 unspecified atom stereocenters. The summed E-state index contributed by atoms with van der Waals surface area (Å²) < 4.78 is 1.46. The Kier molecular flexibility index (Phi) is 4.11. The fourth-order valence-electron chi connectivity index (χ4n) is 1.51. The molecule has 0 aliphatic heterocycles. The maximum Gasteiger partial charge on any atom is 0.343 e. The normalized spacial score (nSPS) is 10.8. The standard InChI is InChI=1S/C11H13ClN4OS/c1-13-6-7-4-3-5-8(12)9(7)18-11-15-14-10(17)16(11)2/h3-5,13H,6H2,1-2H3,(H,14,17). The predicted molar refractivity (Wildman–Crippen MR) is 72.2 cm³/mol. The highest BCUT2D eigenvalue weighted by atomic mass is 35.5. The van der Waals surface area contributed by atoms with E-state index in [2.05, 4.69) is 15.5 Å². The smallest absolute Gasteiger partial charge is 0.316 e. The van der Waals surface area contributed by atoms with Crippen molar-refractivity contribution < 1.29 is 0 Å². The summed E-state index contributed by atoms with van der Waals surface area (Å²) in [6.07, 6.45) is 0. The summed E-state index contributed by atoms with van der Waals surface area (Å²) in [7, 11) is 3.54. The number of aromatic nitrogens is 3. The Hall–Kier alpha value is -1.24. The molecule has 0 bridgehead atoms. The van der Waals surface area contributed by atoms with E-state index >= 15 is 0 Å². The highest BCUT2D eigenvalue weighted by molar-refractivity contribution is 7.99. The second kappa shape index (κ2) is 5.60. The lowest BCUT2D eigenvalue weighted by Crippen LogP contribution is -2.13. The third-order valence-electron chi connectivity index (χ3n) is 2.45. The molecule has 2 aromatic rings. The van der Waals surface area contributed by atoms with Gasteiger partial charge in [0.15, 0.2) is 5.16 Å². The lowest BCUT2D eigenvalue weighted by atomic mass is 10.2. The number of rotatable bonds is 4. The number of aromatic amines is 1. The van der Waals surface area contributed by atoms with Crippen molar-refractivity contribution in [2.45, 2.75) is 16.6 Å². The van der Waals surface area contributed by atoms with Crippen molar-refractivity contribution >= 4 is 23.4 Å². The van der Waals surface area contributed by atoms with Crippen molar-refractivity contribution in [1.29, 1.82) is 0 Å². The Balaban J connectivity index is 2.39. The third-order valence-corrected chi connectivity index (χ3v) is 4.11. The van der Waals surface area contributed by atoms with Crippen LogP contribution in [0.25, 0.3) is 0 Å². The Bertz CT molecular complexity index is 607. The largest absolute Gasteiger partial charge is 0.343 e. The summed E-state index contributed by atoms with van der Waals surface area (Å²) in [5.74, 6) is 0. The van der Waals surface area contributed by atoms with Gasteiger partial charge in [0.2, 0.25) is 0 Å². The summed E-state index contributed by atoms with van der Waals surface area (Å²) in [5, 5.41) is 10.7. The van der Waals surface area contributed by atoms with E-state index in [0.29, 0.717) is 16.7 Å². The van der Waals surface area contributed by atoms with Gasteiger partial charge in [0.25, 0.3) is 0 Å². The molecule has 1 heterocycles. The molecule has 96 valence electrons. The van der Waals surface area contributed by atoms with Crippen LogP contribution in [0.1, 0.15) is 5.56 Å². The molecule has 0 spiro atoms. The zero-order valence-electron chi connectivity index (χ0n) is 10.0. The van der Waals surface area contributed by atoms with E-state index in [9.17, 15) is 4.79 Å². The fraction of sp³-hybridized carbons (Fsp3) is 0.273. The van der Waals surface area contributed by atoms with Crippen molar-refractivity contribution in [2.24, 2.45) is 7.05 Å². The molecule has 2 rings (SSSR count). The molecular formula is C11H13ClN4OS. The lowest BCUT2D eigenvalue weighted by molar-refractivity contribution is 0.763. The number of H-pyrrole nitrogens is 1. The Morgan fingerprint density at radius 2 is 2.33 bits per heavy atom. The van der Waals surface area contributed by atoms with Crippen LogP contribution in [0.5, 0.6) is 0 Å². The molecular weight excluding hydrogens is 272 g/mol. The second-order valence-corrected chi connectivity index (χ2v) is 5.12. The van der Waals surface area contributed by atoms with E-state index in [1.54, 1.807) is 7.05 Å². The van der Waals surface area contributed by atoms with E-state index < -0.39 is 0 Å². The van der Waals surface area contributed by atoms with E-state index in [4.69, 9.17) is 11.6 Å². The van der Waals surface area contributed by atoms with Crippen LogP contribution in [-0.2, 0) is 13.6 Å². The van der Waals surface area contributed by atoms with Gasteiger partial charge in [-0.25, -0.2) is 9.89 Å². The molecule has 7 heteroatoms. The topological polar surface area (TPSA) is 62.7 Å². The number of nitrogens with zero attached hydrogens (tertiary/aromatic N) is 2. The SMILES string of the molecule is CNCc1cccc(Cl)c1Sc1n[nH]c(=O)n1C. The minimum absolute atomic E-state index is 0.236. The summed E-state index contributed by atoms with van der Waals surface area (Å²) in [4.78, 5) is 12.2. The lowest BCUT2D eigenvalue weighted by Gasteiger charge is -2.09. The van der Waals surface area contributed by atoms with Crippen LogP contribution in [0, 0.1) is 0 Å². The molecule has 1 aromatic heterocycles. The maximum atomic E-state index is 11.3. The van der Waals surface area contributed by atoms with Gasteiger partial charge in [-0.3, -0.25) is 4.57 Å². The van der Waals surface area contributed by atoms with Crippen molar-refractivity contribution in [3.8, 4) is 0 Å². The molecule has 1 aromatic carbocycles. The Morgan fingerprint density at radius 3 is 2.94 bits per heavy atom. The van der Waals surface area contributed by atoms with Crippen LogP contribution in [0.2, 0.25) is 5.02 Å². The third kappa shape index (κ3) is 2.60. The highest BCUT2D eigenvalue weighted by Crippen LogP contribution is 2.34. The van der Waals surface area contributed by atoms with Gasteiger partial charge < -0.3 is 5.32 Å². The Morgan fingerprint density at radius 1 is 1.56 bits per heavy atom. The first-order valence-electron chi connectivity index (χ1n) is 5.34. The monoisotopic (exact) mass is 284 g/mol. The zero-order valence-corrected chi connectivity index (χ0v) is 11.6. The highest BCUT2D eigenvalue weighted by Gasteiger charge is 2.12. The van der Waals surface area contributed by atoms with E-state index in [-0.39, 0.29) is 5.69 Å². The van der Waals surface area contributed by atoms with Gasteiger partial charge in [-0.1, -0.05) is 23.7 Å². The predicted octanol–water partition coefficient (Wildman–Crippen LogP) is 1.63. The van der Waals surface area contributed by atoms with Crippen molar-refractivity contribution in [3.05, 3.63) is 39.3 Å². The van der Waals surface area contributed by atoms with E-state index in [1.807, 2.05) is 25.2 Å². The molecule has 2 N–H and O–H groups in total. The van der Waals surface area contributed by atoms with Crippen LogP contribution in [0.15, 0.2) is 33.0 Å². The molecule has 0 radical (unpaired) electrons. The number of halogens is 1. The zero-order chi connectivity index (χ0) is 13.1. The molecule has 0 aliphatic carbocycles.